The standard InChI is InChI=1S/C19H23N3O3/c1-3-14-8-4-6-10-16(14)22-18(23)13-21-19(24)20-12-15-9-5-7-11-17(15)25-2/h4-11H,3,12-13H2,1-2H3,(H,22,23)(H2,20,21,24). The van der Waals surface area contributed by atoms with Crippen molar-refractivity contribution in [1.29, 1.82) is 0 Å². The zero-order valence-electron chi connectivity index (χ0n) is 14.5. The smallest absolute Gasteiger partial charge is 0.315 e. The number of urea groups is 1. The van der Waals surface area contributed by atoms with Crippen molar-refractivity contribution in [3.8, 4) is 5.75 Å². The maximum absolute atomic E-state index is 12.0. The van der Waals surface area contributed by atoms with E-state index in [1.807, 2.05) is 55.5 Å². The van der Waals surface area contributed by atoms with Gasteiger partial charge in [-0.15, -0.1) is 0 Å². The third-order valence-corrected chi connectivity index (χ3v) is 3.71. The van der Waals surface area contributed by atoms with Crippen molar-refractivity contribution in [2.75, 3.05) is 19.0 Å². The zero-order valence-corrected chi connectivity index (χ0v) is 14.5. The van der Waals surface area contributed by atoms with Gasteiger partial charge in [-0.05, 0) is 24.1 Å². The van der Waals surface area contributed by atoms with Crippen LogP contribution in [-0.4, -0.2) is 25.6 Å². The summed E-state index contributed by atoms with van der Waals surface area (Å²) in [6.07, 6.45) is 0.823. The predicted molar refractivity (Wildman–Crippen MR) is 97.7 cm³/mol. The van der Waals surface area contributed by atoms with Gasteiger partial charge in [0.25, 0.3) is 0 Å². The Labute approximate surface area is 147 Å². The first-order valence-corrected chi connectivity index (χ1v) is 8.15. The van der Waals surface area contributed by atoms with Crippen LogP contribution in [0.2, 0.25) is 0 Å². The molecule has 0 atom stereocenters. The molecule has 0 saturated carbocycles. The van der Waals surface area contributed by atoms with Gasteiger partial charge in [0.1, 0.15) is 5.75 Å². The maximum atomic E-state index is 12.0. The van der Waals surface area contributed by atoms with E-state index in [4.69, 9.17) is 4.74 Å². The van der Waals surface area contributed by atoms with Crippen LogP contribution in [0.4, 0.5) is 10.5 Å². The summed E-state index contributed by atoms with van der Waals surface area (Å²) in [6.45, 7) is 2.24. The van der Waals surface area contributed by atoms with Crippen LogP contribution >= 0.6 is 0 Å². The Hall–Kier alpha value is -3.02. The number of amides is 3. The fourth-order valence-corrected chi connectivity index (χ4v) is 2.39. The largest absolute Gasteiger partial charge is 0.496 e. The molecule has 0 unspecified atom stereocenters. The Morgan fingerprint density at radius 2 is 1.64 bits per heavy atom. The lowest BCUT2D eigenvalue weighted by Gasteiger charge is -2.12. The first-order chi connectivity index (χ1) is 12.1. The summed E-state index contributed by atoms with van der Waals surface area (Å²) in [5.41, 5.74) is 2.68. The number of carbonyl (C=O) groups excluding carboxylic acids is 2. The number of hydrogen-bond donors (Lipinski definition) is 3. The molecule has 0 bridgehead atoms. The summed E-state index contributed by atoms with van der Waals surface area (Å²) in [5, 5.41) is 8.06. The molecule has 3 N–H and O–H groups in total. The Morgan fingerprint density at radius 3 is 2.36 bits per heavy atom. The summed E-state index contributed by atoms with van der Waals surface area (Å²) in [5.74, 6) is 0.435. The summed E-state index contributed by atoms with van der Waals surface area (Å²) < 4.78 is 5.23. The molecule has 0 aliphatic carbocycles. The van der Waals surface area contributed by atoms with Gasteiger partial charge in [-0.25, -0.2) is 4.79 Å². The van der Waals surface area contributed by atoms with E-state index in [0.29, 0.717) is 12.3 Å². The second-order valence-electron chi connectivity index (χ2n) is 5.41. The highest BCUT2D eigenvalue weighted by atomic mass is 16.5. The van der Waals surface area contributed by atoms with E-state index >= 15 is 0 Å². The first-order valence-electron chi connectivity index (χ1n) is 8.15. The van der Waals surface area contributed by atoms with Crippen LogP contribution in [0, 0.1) is 0 Å². The molecule has 0 aromatic heterocycles. The number of hydrogen-bond acceptors (Lipinski definition) is 3. The summed E-state index contributed by atoms with van der Waals surface area (Å²) in [7, 11) is 1.58. The van der Waals surface area contributed by atoms with Crippen LogP contribution in [0.25, 0.3) is 0 Å². The molecule has 0 aliphatic heterocycles. The predicted octanol–water partition coefficient (Wildman–Crippen LogP) is 2.70. The van der Waals surface area contributed by atoms with E-state index in [1.54, 1.807) is 7.11 Å². The van der Waals surface area contributed by atoms with Crippen LogP contribution in [0.15, 0.2) is 48.5 Å². The van der Waals surface area contributed by atoms with Crippen LogP contribution in [0.3, 0.4) is 0 Å². The average molecular weight is 341 g/mol. The molecule has 25 heavy (non-hydrogen) atoms. The van der Waals surface area contributed by atoms with Crippen molar-refractivity contribution in [2.24, 2.45) is 0 Å². The number of rotatable bonds is 7. The molecule has 0 radical (unpaired) electrons. The Kier molecular flexibility index (Phi) is 6.83. The van der Waals surface area contributed by atoms with Gasteiger partial charge >= 0.3 is 6.03 Å². The van der Waals surface area contributed by atoms with Crippen molar-refractivity contribution in [2.45, 2.75) is 19.9 Å². The molecule has 2 rings (SSSR count). The van der Waals surface area contributed by atoms with Gasteiger partial charge in [0.15, 0.2) is 0 Å². The molecule has 6 heteroatoms. The Balaban J connectivity index is 1.78. The van der Waals surface area contributed by atoms with E-state index in [1.165, 1.54) is 0 Å². The fraction of sp³-hybridized carbons (Fsp3) is 0.263. The fourth-order valence-electron chi connectivity index (χ4n) is 2.39. The molecular weight excluding hydrogens is 318 g/mol. The van der Waals surface area contributed by atoms with Gasteiger partial charge in [-0.3, -0.25) is 4.79 Å². The number of methoxy groups -OCH3 is 1. The normalized spacial score (nSPS) is 10.0. The molecule has 6 nitrogen and oxygen atoms in total. The molecule has 2 aromatic carbocycles. The van der Waals surface area contributed by atoms with Crippen LogP contribution in [-0.2, 0) is 17.8 Å². The van der Waals surface area contributed by atoms with E-state index in [2.05, 4.69) is 16.0 Å². The number of anilines is 1. The maximum Gasteiger partial charge on any atom is 0.315 e. The number of para-hydroxylation sites is 2. The minimum absolute atomic E-state index is 0.101. The molecule has 0 saturated heterocycles. The molecule has 0 fully saturated rings. The van der Waals surface area contributed by atoms with Gasteiger partial charge in [0.05, 0.1) is 13.7 Å². The molecule has 3 amide bonds. The van der Waals surface area contributed by atoms with Crippen molar-refractivity contribution >= 4 is 17.6 Å². The Bertz CT molecular complexity index is 731. The lowest BCUT2D eigenvalue weighted by atomic mass is 10.1. The van der Waals surface area contributed by atoms with Gasteiger partial charge < -0.3 is 20.7 Å². The highest BCUT2D eigenvalue weighted by molar-refractivity contribution is 5.94. The summed E-state index contributed by atoms with van der Waals surface area (Å²) in [4.78, 5) is 23.8. The van der Waals surface area contributed by atoms with E-state index in [9.17, 15) is 9.59 Å². The molecule has 0 heterocycles. The van der Waals surface area contributed by atoms with Crippen molar-refractivity contribution in [3.05, 3.63) is 59.7 Å². The van der Waals surface area contributed by atoms with Crippen molar-refractivity contribution in [3.63, 3.8) is 0 Å². The van der Waals surface area contributed by atoms with Gasteiger partial charge in [0.2, 0.25) is 5.91 Å². The molecular formula is C19H23N3O3. The number of carbonyl (C=O) groups is 2. The SMILES string of the molecule is CCc1ccccc1NC(=O)CNC(=O)NCc1ccccc1OC. The minimum atomic E-state index is -0.412. The van der Waals surface area contributed by atoms with E-state index in [-0.39, 0.29) is 12.5 Å². The number of aryl methyl sites for hydroxylation is 1. The van der Waals surface area contributed by atoms with Gasteiger partial charge in [-0.2, -0.15) is 0 Å². The molecule has 0 aliphatic rings. The van der Waals surface area contributed by atoms with Crippen LogP contribution in [0.1, 0.15) is 18.1 Å². The highest BCUT2D eigenvalue weighted by Crippen LogP contribution is 2.16. The van der Waals surface area contributed by atoms with Gasteiger partial charge in [-0.1, -0.05) is 43.3 Å². The number of ether oxygens (including phenoxy) is 1. The third kappa shape index (κ3) is 5.53. The molecule has 0 spiro atoms. The monoisotopic (exact) mass is 341 g/mol. The Morgan fingerprint density at radius 1 is 0.960 bits per heavy atom. The van der Waals surface area contributed by atoms with Crippen molar-refractivity contribution < 1.29 is 14.3 Å². The van der Waals surface area contributed by atoms with Gasteiger partial charge in [0, 0.05) is 17.8 Å². The highest BCUT2D eigenvalue weighted by Gasteiger charge is 2.08. The second-order valence-corrected chi connectivity index (χ2v) is 5.41. The average Bonchev–Trinajstić information content (AvgIpc) is 2.65. The first kappa shape index (κ1) is 18.3. The third-order valence-electron chi connectivity index (χ3n) is 3.71. The van der Waals surface area contributed by atoms with E-state index < -0.39 is 6.03 Å². The summed E-state index contributed by atoms with van der Waals surface area (Å²) >= 11 is 0. The molecule has 2 aromatic rings. The van der Waals surface area contributed by atoms with Crippen LogP contribution < -0.4 is 20.7 Å². The number of nitrogens with one attached hydrogen (secondary N) is 3. The topological polar surface area (TPSA) is 79.5 Å². The second kappa shape index (κ2) is 9.32. The number of benzene rings is 2. The minimum Gasteiger partial charge on any atom is -0.496 e. The van der Waals surface area contributed by atoms with Crippen molar-refractivity contribution in [1.82, 2.24) is 10.6 Å². The summed E-state index contributed by atoms with van der Waals surface area (Å²) in [6, 6.07) is 14.6. The lowest BCUT2D eigenvalue weighted by Crippen LogP contribution is -2.39. The molecule has 132 valence electrons. The van der Waals surface area contributed by atoms with Crippen LogP contribution in [0.5, 0.6) is 5.75 Å². The lowest BCUT2D eigenvalue weighted by molar-refractivity contribution is -0.115. The zero-order chi connectivity index (χ0) is 18.1. The van der Waals surface area contributed by atoms with E-state index in [0.717, 1.165) is 23.2 Å². The quantitative estimate of drug-likeness (QED) is 0.724.